The molecule has 0 bridgehead atoms. The second kappa shape index (κ2) is 18.7. The first kappa shape index (κ1) is 50.0. The number of halogens is 2. The first-order valence-corrected chi connectivity index (χ1v) is 26.9. The molecule has 5 heteroatoms. The second-order valence-electron chi connectivity index (χ2n) is 22.4. The zero-order valence-corrected chi connectivity index (χ0v) is 46.5. The van der Waals surface area contributed by atoms with Crippen LogP contribution in [0.3, 0.4) is 0 Å². The zero-order valence-electron chi connectivity index (χ0n) is 46.5. The molecule has 12 rings (SSSR count). The van der Waals surface area contributed by atoms with E-state index in [1.807, 2.05) is 18.2 Å². The van der Waals surface area contributed by atoms with Crippen molar-refractivity contribution in [2.75, 3.05) is 0 Å². The van der Waals surface area contributed by atoms with Gasteiger partial charge in [0.2, 0.25) is 0 Å². The number of rotatable bonds is 7. The van der Waals surface area contributed by atoms with Gasteiger partial charge < -0.3 is 9.13 Å². The molecule has 382 valence electrons. The molecular formula is C73H61F2N3. The number of aromatic nitrogens is 2. The lowest BCUT2D eigenvalue weighted by Gasteiger charge is -2.18. The topological polar surface area (TPSA) is 33.6 Å². The Morgan fingerprint density at radius 3 is 0.923 bits per heavy atom. The molecule has 0 amide bonds. The lowest BCUT2D eigenvalue weighted by Crippen LogP contribution is -2.02. The molecule has 78 heavy (non-hydrogen) atoms. The molecule has 0 N–H and O–H groups in total. The maximum atomic E-state index is 16.8. The van der Waals surface area contributed by atoms with Crippen LogP contribution in [0.5, 0.6) is 0 Å². The highest BCUT2D eigenvalue weighted by atomic mass is 19.1. The quantitative estimate of drug-likeness (QED) is 0.157. The normalized spacial score (nSPS) is 11.7. The van der Waals surface area contributed by atoms with E-state index in [1.165, 1.54) is 89.0 Å². The van der Waals surface area contributed by atoms with Crippen LogP contribution in [0.2, 0.25) is 0 Å². The van der Waals surface area contributed by atoms with Crippen LogP contribution in [-0.2, 0) is 0 Å². The van der Waals surface area contributed by atoms with Crippen molar-refractivity contribution in [2.45, 2.75) is 83.1 Å². The van der Waals surface area contributed by atoms with E-state index in [0.717, 1.165) is 89.4 Å². The molecule has 0 unspecified atom stereocenters. The van der Waals surface area contributed by atoms with Gasteiger partial charge in [0.15, 0.2) is 0 Å². The molecule has 0 saturated heterocycles. The number of nitrogens with zero attached hydrogens (tertiary/aromatic N) is 3. The van der Waals surface area contributed by atoms with E-state index >= 15 is 8.78 Å². The Hall–Kier alpha value is -8.85. The van der Waals surface area contributed by atoms with Crippen LogP contribution in [0.1, 0.15) is 72.3 Å². The summed E-state index contributed by atoms with van der Waals surface area (Å²) in [7, 11) is 0. The van der Waals surface area contributed by atoms with Gasteiger partial charge in [0.25, 0.3) is 0 Å². The molecule has 0 aliphatic carbocycles. The van der Waals surface area contributed by atoms with Crippen LogP contribution in [0.4, 0.5) is 8.78 Å². The van der Waals surface area contributed by atoms with Gasteiger partial charge in [-0.15, -0.1) is 0 Å². The average Bonchev–Trinajstić information content (AvgIpc) is 4.08. The lowest BCUT2D eigenvalue weighted by molar-refractivity contribution is 0.589. The third kappa shape index (κ3) is 8.21. The largest absolute Gasteiger partial charge is 0.309 e. The van der Waals surface area contributed by atoms with Crippen molar-refractivity contribution in [1.29, 1.82) is 5.26 Å². The summed E-state index contributed by atoms with van der Waals surface area (Å²) in [6, 6.07) is 55.1. The van der Waals surface area contributed by atoms with Crippen molar-refractivity contribution in [1.82, 2.24) is 9.13 Å². The van der Waals surface area contributed by atoms with E-state index in [2.05, 4.69) is 220 Å². The predicted molar refractivity (Wildman–Crippen MR) is 324 cm³/mol. The van der Waals surface area contributed by atoms with E-state index in [4.69, 9.17) is 0 Å². The SMILES string of the molecule is Cc1cc(C)c(-c2ccc3c(c2)c2ccc(-c4c(C)cc(C)cc4C)cc2n3-c2cc(-c3c(F)cc(C#N)cc3F)cc(-n3c4ccc(-c5c(C)cc(C)cc5C)cc4c4ccc(-c5c(C)cc(C)cc5C)cc43)c2)c(C)c1. The van der Waals surface area contributed by atoms with Crippen LogP contribution in [0.15, 0.2) is 152 Å². The maximum absolute atomic E-state index is 16.8. The molecule has 0 radical (unpaired) electrons. The average molecular weight is 1020 g/mol. The van der Waals surface area contributed by atoms with Crippen molar-refractivity contribution in [3.8, 4) is 73.1 Å². The lowest BCUT2D eigenvalue weighted by atomic mass is 9.92. The van der Waals surface area contributed by atoms with Gasteiger partial charge in [-0.2, -0.15) is 5.26 Å². The number of hydrogen-bond donors (Lipinski definition) is 0. The van der Waals surface area contributed by atoms with Crippen molar-refractivity contribution in [2.24, 2.45) is 0 Å². The van der Waals surface area contributed by atoms with Crippen LogP contribution >= 0.6 is 0 Å². The third-order valence-corrected chi connectivity index (χ3v) is 16.3. The van der Waals surface area contributed by atoms with E-state index in [0.29, 0.717) is 5.56 Å². The van der Waals surface area contributed by atoms with Crippen LogP contribution < -0.4 is 0 Å². The van der Waals surface area contributed by atoms with Gasteiger partial charge in [-0.25, -0.2) is 8.78 Å². The molecule has 0 aliphatic heterocycles. The first-order chi connectivity index (χ1) is 37.3. The minimum Gasteiger partial charge on any atom is -0.309 e. The van der Waals surface area contributed by atoms with E-state index in [9.17, 15) is 5.26 Å². The van der Waals surface area contributed by atoms with Crippen molar-refractivity contribution >= 4 is 43.6 Å². The highest BCUT2D eigenvalue weighted by Gasteiger charge is 2.24. The Balaban J connectivity index is 1.21. The van der Waals surface area contributed by atoms with Gasteiger partial charge in [0.1, 0.15) is 11.6 Å². The number of benzene rings is 10. The Morgan fingerprint density at radius 2 is 0.603 bits per heavy atom. The molecule has 0 aliphatic rings. The molecule has 2 aromatic heterocycles. The monoisotopic (exact) mass is 1020 g/mol. The standard InChI is InChI=1S/C73H61F2N3/c1-39-21-43(5)69(44(6)22-39)52-15-19-65-61(33-52)59-17-13-54(71-47(9)25-41(3)26-48(71)10)35-67(59)77(65)57-31-56(73-63(74)29-51(38-76)30-64(73)75)32-58(37-57)78-66-20-16-53(70-45(7)23-40(2)24-46(70)8)34-62(66)60-18-14-55(36-68(60)78)72-49(11)27-42(4)28-50(72)12/h13-37H,1-12H3. The summed E-state index contributed by atoms with van der Waals surface area (Å²) >= 11 is 0. The van der Waals surface area contributed by atoms with E-state index in [-0.39, 0.29) is 11.1 Å². The maximum Gasteiger partial charge on any atom is 0.135 e. The van der Waals surface area contributed by atoms with E-state index in [1.54, 1.807) is 0 Å². The van der Waals surface area contributed by atoms with Crippen molar-refractivity contribution < 1.29 is 8.78 Å². The number of hydrogen-bond acceptors (Lipinski definition) is 1. The fourth-order valence-corrected chi connectivity index (χ4v) is 13.7. The van der Waals surface area contributed by atoms with Gasteiger partial charge >= 0.3 is 0 Å². The van der Waals surface area contributed by atoms with Gasteiger partial charge in [0, 0.05) is 32.9 Å². The molecule has 0 saturated carbocycles. The summed E-state index contributed by atoms with van der Waals surface area (Å²) in [6.07, 6.45) is 0. The summed E-state index contributed by atoms with van der Waals surface area (Å²) in [5, 5.41) is 14.1. The predicted octanol–water partition coefficient (Wildman–Crippen LogP) is 20.1. The fourth-order valence-electron chi connectivity index (χ4n) is 13.7. The van der Waals surface area contributed by atoms with Crippen LogP contribution in [0.25, 0.3) is 111 Å². The van der Waals surface area contributed by atoms with Crippen molar-refractivity contribution in [3.05, 3.63) is 236 Å². The number of nitriles is 1. The van der Waals surface area contributed by atoms with E-state index < -0.39 is 11.6 Å². The molecule has 2 heterocycles. The minimum absolute atomic E-state index is 0.0805. The summed E-state index contributed by atoms with van der Waals surface area (Å²) in [6.45, 7) is 26.0. The van der Waals surface area contributed by atoms with Gasteiger partial charge in [-0.1, -0.05) is 107 Å². The number of fused-ring (bicyclic) bond motifs is 6. The smallest absolute Gasteiger partial charge is 0.135 e. The molecular weight excluding hydrogens is 957 g/mol. The van der Waals surface area contributed by atoms with Gasteiger partial charge in [0.05, 0.1) is 39.3 Å². The first-order valence-electron chi connectivity index (χ1n) is 26.9. The van der Waals surface area contributed by atoms with Crippen LogP contribution in [0, 0.1) is 106 Å². The molecule has 3 nitrogen and oxygen atoms in total. The summed E-state index contributed by atoms with van der Waals surface area (Å²) in [5.41, 5.74) is 29.0. The summed E-state index contributed by atoms with van der Waals surface area (Å²) in [5.74, 6) is -1.61. The minimum atomic E-state index is -0.804. The molecule has 12 aromatic rings. The van der Waals surface area contributed by atoms with Crippen LogP contribution in [-0.4, -0.2) is 9.13 Å². The molecule has 10 aromatic carbocycles. The number of aryl methyl sites for hydroxylation is 12. The Kier molecular flexibility index (Phi) is 12.0. The van der Waals surface area contributed by atoms with Crippen molar-refractivity contribution in [3.63, 3.8) is 0 Å². The zero-order chi connectivity index (χ0) is 54.7. The Bertz CT molecular complexity index is 4240. The molecule has 0 spiro atoms. The fraction of sp³-hybridized carbons (Fsp3) is 0.164. The Morgan fingerprint density at radius 1 is 0.295 bits per heavy atom. The summed E-state index contributed by atoms with van der Waals surface area (Å²) < 4.78 is 38.2. The van der Waals surface area contributed by atoms with Gasteiger partial charge in [-0.3, -0.25) is 0 Å². The third-order valence-electron chi connectivity index (χ3n) is 16.3. The Labute approximate surface area is 456 Å². The van der Waals surface area contributed by atoms with Gasteiger partial charge in [-0.05, 0) is 244 Å². The molecule has 0 fully saturated rings. The highest BCUT2D eigenvalue weighted by molar-refractivity contribution is 6.13. The highest BCUT2D eigenvalue weighted by Crippen LogP contribution is 2.44. The molecule has 0 atom stereocenters. The summed E-state index contributed by atoms with van der Waals surface area (Å²) in [4.78, 5) is 0. The second-order valence-corrected chi connectivity index (χ2v) is 22.4.